The first-order valence-electron chi connectivity index (χ1n) is 6.39. The van der Waals surface area contributed by atoms with Crippen molar-refractivity contribution in [1.29, 1.82) is 0 Å². The summed E-state index contributed by atoms with van der Waals surface area (Å²) in [5.74, 6) is -1.19. The lowest BCUT2D eigenvalue weighted by Gasteiger charge is -2.17. The summed E-state index contributed by atoms with van der Waals surface area (Å²) in [5, 5.41) is 11.7. The molecule has 20 heavy (non-hydrogen) atoms. The molecule has 1 aromatic carbocycles. The average Bonchev–Trinajstić information content (AvgIpc) is 2.37. The number of carboxylic acid groups (broad SMARTS) is 1. The normalized spacial score (nSPS) is 12.2. The fraction of sp³-hybridized carbons (Fsp3) is 0.429. The predicted molar refractivity (Wildman–Crippen MR) is 79.0 cm³/mol. The molecule has 5 nitrogen and oxygen atoms in total. The second kappa shape index (κ2) is 7.26. The zero-order valence-electron chi connectivity index (χ0n) is 11.5. The molecule has 0 aliphatic rings. The molecule has 0 radical (unpaired) electrons. The summed E-state index contributed by atoms with van der Waals surface area (Å²) < 4.78 is 0. The lowest BCUT2D eigenvalue weighted by atomic mass is 9.96. The molecule has 0 spiro atoms. The lowest BCUT2D eigenvalue weighted by molar-refractivity contribution is -0.120. The number of aromatic carboxylic acids is 1. The molecule has 1 unspecified atom stereocenters. The first-order chi connectivity index (χ1) is 9.35. The summed E-state index contributed by atoms with van der Waals surface area (Å²) in [5.41, 5.74) is 6.07. The minimum Gasteiger partial charge on any atom is -0.478 e. The van der Waals surface area contributed by atoms with Crippen LogP contribution >= 0.6 is 11.6 Å². The first kappa shape index (κ1) is 16.5. The van der Waals surface area contributed by atoms with Crippen molar-refractivity contribution in [2.45, 2.75) is 20.3 Å². The van der Waals surface area contributed by atoms with Crippen LogP contribution in [0.2, 0.25) is 5.02 Å². The highest BCUT2D eigenvalue weighted by atomic mass is 35.5. The summed E-state index contributed by atoms with van der Waals surface area (Å²) in [6.45, 7) is 4.30. The lowest BCUT2D eigenvalue weighted by Crippen LogP contribution is -2.30. The third-order valence-corrected chi connectivity index (χ3v) is 3.20. The largest absolute Gasteiger partial charge is 0.478 e. The van der Waals surface area contributed by atoms with Crippen molar-refractivity contribution < 1.29 is 14.7 Å². The van der Waals surface area contributed by atoms with Gasteiger partial charge in [0.05, 0.1) is 22.2 Å². The Morgan fingerprint density at radius 3 is 2.50 bits per heavy atom. The number of carboxylic acids is 1. The van der Waals surface area contributed by atoms with E-state index < -0.39 is 5.97 Å². The van der Waals surface area contributed by atoms with Crippen LogP contribution < -0.4 is 11.1 Å². The van der Waals surface area contributed by atoms with E-state index >= 15 is 0 Å². The van der Waals surface area contributed by atoms with Gasteiger partial charge >= 0.3 is 5.97 Å². The van der Waals surface area contributed by atoms with Gasteiger partial charge in [-0.1, -0.05) is 25.4 Å². The molecule has 1 aromatic rings. The number of nitrogens with one attached hydrogen (secondary N) is 1. The number of hydrogen-bond donors (Lipinski definition) is 3. The van der Waals surface area contributed by atoms with Crippen LogP contribution in [0.4, 0.5) is 5.69 Å². The van der Waals surface area contributed by atoms with Gasteiger partial charge in [0.2, 0.25) is 5.91 Å². The zero-order valence-corrected chi connectivity index (χ0v) is 12.3. The Balaban J connectivity index is 2.82. The number of amides is 1. The van der Waals surface area contributed by atoms with Crippen LogP contribution in [-0.4, -0.2) is 23.5 Å². The monoisotopic (exact) mass is 298 g/mol. The van der Waals surface area contributed by atoms with Gasteiger partial charge in [-0.15, -0.1) is 0 Å². The second-order valence-electron chi connectivity index (χ2n) is 5.05. The van der Waals surface area contributed by atoms with Crippen molar-refractivity contribution in [3.05, 3.63) is 28.8 Å². The molecular formula is C14H19ClN2O3. The number of carbonyl (C=O) groups is 2. The smallest absolute Gasteiger partial charge is 0.335 e. The van der Waals surface area contributed by atoms with E-state index in [1.54, 1.807) is 0 Å². The van der Waals surface area contributed by atoms with Crippen molar-refractivity contribution in [1.82, 2.24) is 0 Å². The highest BCUT2D eigenvalue weighted by molar-refractivity contribution is 6.34. The standard InChI is InChI=1S/C14H19ClN2O3/c1-8(2)5-10(7-16)13(18)17-12-4-3-9(14(19)20)6-11(12)15/h3-4,6,8,10H,5,7,16H2,1-2H3,(H,17,18)(H,19,20). The molecule has 1 amide bonds. The molecule has 0 saturated carbocycles. The molecule has 0 aliphatic heterocycles. The van der Waals surface area contributed by atoms with Gasteiger partial charge in [-0.3, -0.25) is 4.79 Å². The van der Waals surface area contributed by atoms with Crippen LogP contribution in [0.3, 0.4) is 0 Å². The van der Waals surface area contributed by atoms with Gasteiger partial charge in [-0.05, 0) is 30.5 Å². The van der Waals surface area contributed by atoms with E-state index in [0.29, 0.717) is 18.0 Å². The van der Waals surface area contributed by atoms with Gasteiger partial charge in [0.25, 0.3) is 0 Å². The fourth-order valence-electron chi connectivity index (χ4n) is 1.86. The Hall–Kier alpha value is -1.59. The van der Waals surface area contributed by atoms with Crippen LogP contribution in [0, 0.1) is 11.8 Å². The number of carbonyl (C=O) groups excluding carboxylic acids is 1. The number of benzene rings is 1. The van der Waals surface area contributed by atoms with Crippen molar-refractivity contribution in [2.75, 3.05) is 11.9 Å². The average molecular weight is 299 g/mol. The highest BCUT2D eigenvalue weighted by Gasteiger charge is 2.19. The maximum absolute atomic E-state index is 12.1. The van der Waals surface area contributed by atoms with E-state index in [1.807, 2.05) is 13.8 Å². The van der Waals surface area contributed by atoms with Crippen molar-refractivity contribution in [3.8, 4) is 0 Å². The zero-order chi connectivity index (χ0) is 15.3. The molecule has 0 bridgehead atoms. The predicted octanol–water partition coefficient (Wildman–Crippen LogP) is 2.60. The van der Waals surface area contributed by atoms with Crippen LogP contribution in [0.25, 0.3) is 0 Å². The van der Waals surface area contributed by atoms with E-state index in [2.05, 4.69) is 5.32 Å². The number of nitrogens with two attached hydrogens (primary N) is 1. The van der Waals surface area contributed by atoms with Crippen LogP contribution in [-0.2, 0) is 4.79 Å². The topological polar surface area (TPSA) is 92.4 Å². The maximum Gasteiger partial charge on any atom is 0.335 e. The van der Waals surface area contributed by atoms with Crippen LogP contribution in [0.1, 0.15) is 30.6 Å². The van der Waals surface area contributed by atoms with Crippen LogP contribution in [0.15, 0.2) is 18.2 Å². The summed E-state index contributed by atoms with van der Waals surface area (Å²) in [4.78, 5) is 22.9. The summed E-state index contributed by atoms with van der Waals surface area (Å²) in [6.07, 6.45) is 0.688. The minimum absolute atomic E-state index is 0.0746. The molecule has 0 fully saturated rings. The third-order valence-electron chi connectivity index (χ3n) is 2.89. The van der Waals surface area contributed by atoms with E-state index in [1.165, 1.54) is 18.2 Å². The quantitative estimate of drug-likeness (QED) is 0.752. The van der Waals surface area contributed by atoms with Crippen molar-refractivity contribution in [3.63, 3.8) is 0 Å². The number of rotatable bonds is 6. The molecule has 1 rings (SSSR count). The van der Waals surface area contributed by atoms with Gasteiger partial charge in [0, 0.05) is 6.54 Å². The Bertz CT molecular complexity index is 503. The summed E-state index contributed by atoms with van der Waals surface area (Å²) in [7, 11) is 0. The highest BCUT2D eigenvalue weighted by Crippen LogP contribution is 2.24. The summed E-state index contributed by atoms with van der Waals surface area (Å²) >= 11 is 5.96. The van der Waals surface area contributed by atoms with Crippen molar-refractivity contribution in [2.24, 2.45) is 17.6 Å². The molecule has 110 valence electrons. The maximum atomic E-state index is 12.1. The Kier molecular flexibility index (Phi) is 5.98. The third kappa shape index (κ3) is 4.51. The van der Waals surface area contributed by atoms with E-state index in [9.17, 15) is 9.59 Å². The second-order valence-corrected chi connectivity index (χ2v) is 5.46. The minimum atomic E-state index is -1.07. The number of halogens is 1. The molecular weight excluding hydrogens is 280 g/mol. The van der Waals surface area contributed by atoms with Crippen LogP contribution in [0.5, 0.6) is 0 Å². The molecule has 0 heterocycles. The van der Waals surface area contributed by atoms with Gasteiger partial charge in [-0.25, -0.2) is 4.79 Å². The van der Waals surface area contributed by atoms with E-state index in [-0.39, 0.29) is 29.0 Å². The molecule has 1 atom stereocenters. The molecule has 4 N–H and O–H groups in total. The summed E-state index contributed by atoms with van der Waals surface area (Å²) in [6, 6.07) is 4.18. The fourth-order valence-corrected chi connectivity index (χ4v) is 2.09. The van der Waals surface area contributed by atoms with Crippen molar-refractivity contribution >= 4 is 29.2 Å². The van der Waals surface area contributed by atoms with E-state index in [0.717, 1.165) is 0 Å². The van der Waals surface area contributed by atoms with Gasteiger partial charge in [-0.2, -0.15) is 0 Å². The van der Waals surface area contributed by atoms with Gasteiger partial charge < -0.3 is 16.2 Å². The Labute approximate surface area is 123 Å². The SMILES string of the molecule is CC(C)CC(CN)C(=O)Nc1ccc(C(=O)O)cc1Cl. The molecule has 0 saturated heterocycles. The van der Waals surface area contributed by atoms with Gasteiger partial charge in [0.1, 0.15) is 0 Å². The van der Waals surface area contributed by atoms with Gasteiger partial charge in [0.15, 0.2) is 0 Å². The number of hydrogen-bond acceptors (Lipinski definition) is 3. The first-order valence-corrected chi connectivity index (χ1v) is 6.76. The molecule has 0 aromatic heterocycles. The number of anilines is 1. The molecule has 0 aliphatic carbocycles. The van der Waals surface area contributed by atoms with E-state index in [4.69, 9.17) is 22.4 Å². The molecule has 6 heteroatoms. The Morgan fingerprint density at radius 1 is 1.40 bits per heavy atom. The Morgan fingerprint density at radius 2 is 2.05 bits per heavy atom.